The summed E-state index contributed by atoms with van der Waals surface area (Å²) in [4.78, 5) is 6.47. The average molecular weight is 420 g/mol. The molecule has 0 aliphatic carbocycles. The van der Waals surface area contributed by atoms with Crippen LogP contribution in [0.4, 0.5) is 19.1 Å². The fourth-order valence-electron chi connectivity index (χ4n) is 3.86. The predicted molar refractivity (Wildman–Crippen MR) is 107 cm³/mol. The van der Waals surface area contributed by atoms with Crippen LogP contribution in [0.15, 0.2) is 30.7 Å². The normalized spacial score (nSPS) is 18.0. The number of nitrogens with one attached hydrogen (secondary N) is 1. The molecule has 0 bridgehead atoms. The molecule has 10 heteroatoms. The van der Waals surface area contributed by atoms with Crippen molar-refractivity contribution in [2.75, 3.05) is 32.1 Å². The van der Waals surface area contributed by atoms with Crippen LogP contribution in [0.5, 0.6) is 5.75 Å². The second kappa shape index (κ2) is 8.10. The third-order valence-electron chi connectivity index (χ3n) is 5.43. The van der Waals surface area contributed by atoms with E-state index in [-0.39, 0.29) is 23.0 Å². The minimum Gasteiger partial charge on any atom is -0.497 e. The van der Waals surface area contributed by atoms with Crippen molar-refractivity contribution in [3.63, 3.8) is 0 Å². The highest BCUT2D eigenvalue weighted by atomic mass is 19.4. The first-order chi connectivity index (χ1) is 14.4. The molecule has 0 spiro atoms. The lowest BCUT2D eigenvalue weighted by Crippen LogP contribution is -2.42. The van der Waals surface area contributed by atoms with Crippen molar-refractivity contribution in [3.05, 3.63) is 36.3 Å². The van der Waals surface area contributed by atoms with Crippen LogP contribution < -0.4 is 10.1 Å². The number of piperidine rings is 1. The van der Waals surface area contributed by atoms with Crippen LogP contribution in [0.2, 0.25) is 0 Å². The summed E-state index contributed by atoms with van der Waals surface area (Å²) in [6.45, 7) is 5.05. The Morgan fingerprint density at radius 2 is 2.10 bits per heavy atom. The number of ether oxygens (including phenoxy) is 1. The summed E-state index contributed by atoms with van der Waals surface area (Å²) in [5.41, 5.74) is -0.327. The van der Waals surface area contributed by atoms with Crippen LogP contribution in [-0.4, -0.2) is 57.3 Å². The number of hydrogen-bond acceptors (Lipinski definition) is 6. The number of alkyl halides is 3. The molecule has 2 aromatic heterocycles. The van der Waals surface area contributed by atoms with E-state index in [1.165, 1.54) is 31.8 Å². The first-order valence-corrected chi connectivity index (χ1v) is 9.84. The van der Waals surface area contributed by atoms with Gasteiger partial charge in [0.1, 0.15) is 17.8 Å². The predicted octanol–water partition coefficient (Wildman–Crippen LogP) is 3.71. The summed E-state index contributed by atoms with van der Waals surface area (Å²) >= 11 is 0. The first-order valence-electron chi connectivity index (χ1n) is 9.84. The Labute approximate surface area is 171 Å². The van der Waals surface area contributed by atoms with Gasteiger partial charge in [-0.1, -0.05) is 6.92 Å². The van der Waals surface area contributed by atoms with Gasteiger partial charge in [-0.25, -0.2) is 4.98 Å². The maximum absolute atomic E-state index is 13.7. The van der Waals surface area contributed by atoms with Gasteiger partial charge in [0, 0.05) is 18.2 Å². The molecule has 3 heterocycles. The Kier molecular flexibility index (Phi) is 5.50. The number of likely N-dealkylation sites (N-methyl/N-ethyl adjacent to an activating group) is 1. The van der Waals surface area contributed by atoms with Gasteiger partial charge in [-0.2, -0.15) is 13.2 Å². The van der Waals surface area contributed by atoms with E-state index in [9.17, 15) is 13.2 Å². The molecule has 0 radical (unpaired) electrons. The standard InChI is InChI=1S/C20H23F3N6O/c1-3-28-8-4-5-13(11-28)25-19-27-26-18(17-10-24-12-29(17)19)15-7-6-14(30-2)9-16(15)20(21,22)23/h6-7,9-10,12-13H,3-5,8,11H2,1-2H3,(H,25,27)/t13-/m1/s1. The van der Waals surface area contributed by atoms with Crippen molar-refractivity contribution in [2.45, 2.75) is 32.0 Å². The molecule has 1 fully saturated rings. The SMILES string of the molecule is CCN1CCC[C@@H](Nc2nnc(-c3ccc(OC)cc3C(F)(F)F)c3cncn23)C1. The number of fused-ring (bicyclic) bond motifs is 1. The summed E-state index contributed by atoms with van der Waals surface area (Å²) in [7, 11) is 1.33. The van der Waals surface area contributed by atoms with Crippen molar-refractivity contribution in [1.82, 2.24) is 24.5 Å². The molecule has 1 aliphatic heterocycles. The van der Waals surface area contributed by atoms with Crippen LogP contribution in [0.25, 0.3) is 16.8 Å². The van der Waals surface area contributed by atoms with Crippen LogP contribution in [0, 0.1) is 0 Å². The van der Waals surface area contributed by atoms with Gasteiger partial charge in [-0.15, -0.1) is 10.2 Å². The zero-order valence-corrected chi connectivity index (χ0v) is 16.8. The quantitative estimate of drug-likeness (QED) is 0.679. The maximum Gasteiger partial charge on any atom is 0.417 e. The summed E-state index contributed by atoms with van der Waals surface area (Å²) in [5, 5.41) is 11.7. The van der Waals surface area contributed by atoms with Crippen LogP contribution in [0.1, 0.15) is 25.3 Å². The molecule has 7 nitrogen and oxygen atoms in total. The van der Waals surface area contributed by atoms with Crippen molar-refractivity contribution in [1.29, 1.82) is 0 Å². The minimum atomic E-state index is -4.56. The van der Waals surface area contributed by atoms with E-state index in [1.807, 2.05) is 0 Å². The number of imidazole rings is 1. The average Bonchev–Trinajstić information content (AvgIpc) is 3.23. The van der Waals surface area contributed by atoms with E-state index in [2.05, 4.69) is 32.3 Å². The summed E-state index contributed by atoms with van der Waals surface area (Å²) in [6.07, 6.45) is 0.536. The second-order valence-electron chi connectivity index (χ2n) is 7.31. The Morgan fingerprint density at radius 1 is 1.27 bits per heavy atom. The van der Waals surface area contributed by atoms with Crippen molar-refractivity contribution in [2.24, 2.45) is 0 Å². The number of anilines is 1. The molecule has 1 atom stereocenters. The van der Waals surface area contributed by atoms with E-state index < -0.39 is 11.7 Å². The van der Waals surface area contributed by atoms with Crippen molar-refractivity contribution >= 4 is 11.5 Å². The van der Waals surface area contributed by atoms with Gasteiger partial charge in [0.15, 0.2) is 0 Å². The number of rotatable bonds is 5. The minimum absolute atomic E-state index is 0.0670. The van der Waals surface area contributed by atoms with Gasteiger partial charge in [-0.05, 0) is 44.1 Å². The Hall–Kier alpha value is -2.88. The summed E-state index contributed by atoms with van der Waals surface area (Å²) in [6, 6.07) is 3.99. The number of methoxy groups -OCH3 is 1. The fourth-order valence-corrected chi connectivity index (χ4v) is 3.86. The Bertz CT molecular complexity index is 1040. The van der Waals surface area contributed by atoms with Crippen molar-refractivity contribution < 1.29 is 17.9 Å². The highest BCUT2D eigenvalue weighted by molar-refractivity contribution is 5.79. The molecule has 160 valence electrons. The van der Waals surface area contributed by atoms with Crippen molar-refractivity contribution in [3.8, 4) is 17.0 Å². The number of hydrogen-bond donors (Lipinski definition) is 1. The molecule has 1 aliphatic rings. The van der Waals surface area contributed by atoms with E-state index >= 15 is 0 Å². The Morgan fingerprint density at radius 3 is 2.83 bits per heavy atom. The molecule has 1 N–H and O–H groups in total. The number of likely N-dealkylation sites (tertiary alicyclic amines) is 1. The molecule has 1 aromatic carbocycles. The molecule has 4 rings (SSSR count). The monoisotopic (exact) mass is 420 g/mol. The van der Waals surface area contributed by atoms with Gasteiger partial charge in [0.05, 0.1) is 24.4 Å². The third kappa shape index (κ3) is 3.91. The molecule has 0 unspecified atom stereocenters. The smallest absolute Gasteiger partial charge is 0.417 e. The molecule has 1 saturated heterocycles. The molecule has 3 aromatic rings. The fraction of sp³-hybridized carbons (Fsp3) is 0.450. The largest absolute Gasteiger partial charge is 0.497 e. The number of halogens is 3. The highest BCUT2D eigenvalue weighted by Crippen LogP contribution is 2.39. The van der Waals surface area contributed by atoms with Crippen LogP contribution >= 0.6 is 0 Å². The topological polar surface area (TPSA) is 67.6 Å². The zero-order valence-electron chi connectivity index (χ0n) is 16.8. The van der Waals surface area contributed by atoms with E-state index in [4.69, 9.17) is 4.74 Å². The molecular formula is C20H23F3N6O. The first kappa shape index (κ1) is 20.4. The van der Waals surface area contributed by atoms with Gasteiger partial charge in [-0.3, -0.25) is 4.40 Å². The van der Waals surface area contributed by atoms with Gasteiger partial charge in [0.25, 0.3) is 0 Å². The van der Waals surface area contributed by atoms with E-state index in [0.29, 0.717) is 11.5 Å². The Balaban J connectivity index is 1.73. The lowest BCUT2D eigenvalue weighted by Gasteiger charge is -2.32. The highest BCUT2D eigenvalue weighted by Gasteiger charge is 2.35. The van der Waals surface area contributed by atoms with Crippen LogP contribution in [-0.2, 0) is 6.18 Å². The lowest BCUT2D eigenvalue weighted by atomic mass is 10.0. The summed E-state index contributed by atoms with van der Waals surface area (Å²) < 4.78 is 47.7. The zero-order chi connectivity index (χ0) is 21.3. The molecule has 0 saturated carbocycles. The van der Waals surface area contributed by atoms with E-state index in [0.717, 1.165) is 38.5 Å². The molecule has 0 amide bonds. The van der Waals surface area contributed by atoms with Gasteiger partial charge >= 0.3 is 6.18 Å². The lowest BCUT2D eigenvalue weighted by molar-refractivity contribution is -0.137. The van der Waals surface area contributed by atoms with Crippen LogP contribution in [0.3, 0.4) is 0 Å². The van der Waals surface area contributed by atoms with E-state index in [1.54, 1.807) is 4.40 Å². The van der Waals surface area contributed by atoms with Gasteiger partial charge in [0.2, 0.25) is 5.95 Å². The molecular weight excluding hydrogens is 397 g/mol. The third-order valence-corrected chi connectivity index (χ3v) is 5.43. The number of nitrogens with zero attached hydrogens (tertiary/aromatic N) is 5. The maximum atomic E-state index is 13.7. The van der Waals surface area contributed by atoms with Gasteiger partial charge < -0.3 is 15.0 Å². The summed E-state index contributed by atoms with van der Waals surface area (Å²) in [5.74, 6) is 0.593. The number of aromatic nitrogens is 4. The second-order valence-corrected chi connectivity index (χ2v) is 7.31. The number of benzene rings is 1. The molecule has 30 heavy (non-hydrogen) atoms.